The number of aliphatic carboxylic acids is 1. The van der Waals surface area contributed by atoms with E-state index in [0.29, 0.717) is 12.8 Å². The highest BCUT2D eigenvalue weighted by atomic mass is 16.4. The van der Waals surface area contributed by atoms with Crippen LogP contribution in [-0.4, -0.2) is 31.3 Å². The zero-order chi connectivity index (χ0) is 9.31. The van der Waals surface area contributed by atoms with Crippen molar-refractivity contribution < 1.29 is 9.90 Å². The third kappa shape index (κ3) is 1.09. The van der Waals surface area contributed by atoms with Crippen molar-refractivity contribution in [2.75, 3.05) is 0 Å². The predicted octanol–water partition coefficient (Wildman–Crippen LogP) is 0.0270. The van der Waals surface area contributed by atoms with E-state index in [1.54, 1.807) is 0 Å². The Hall–Kier alpha value is -1.46. The number of hydrogen-bond donors (Lipinski definition) is 1. The molecule has 1 aliphatic carbocycles. The molecule has 0 aromatic carbocycles. The molecule has 0 spiro atoms. The Kier molecular flexibility index (Phi) is 1.75. The quantitative estimate of drug-likeness (QED) is 0.697. The Balaban J connectivity index is 2.39. The van der Waals surface area contributed by atoms with Gasteiger partial charge in [0.1, 0.15) is 6.33 Å². The molecule has 0 saturated heterocycles. The van der Waals surface area contributed by atoms with E-state index in [9.17, 15) is 4.79 Å². The van der Waals surface area contributed by atoms with E-state index in [1.807, 2.05) is 0 Å². The molecule has 6 heteroatoms. The molecule has 6 nitrogen and oxygen atoms in total. The maximum Gasteiger partial charge on any atom is 0.331 e. The number of rotatable bonds is 2. The molecular weight excluding hydrogens is 172 g/mol. The average molecular weight is 182 g/mol. The van der Waals surface area contributed by atoms with Gasteiger partial charge in [0.2, 0.25) is 0 Å². The number of aromatic nitrogens is 4. The minimum absolute atomic E-state index is 0.618. The number of nitrogens with zero attached hydrogens (tertiary/aromatic N) is 4. The van der Waals surface area contributed by atoms with Gasteiger partial charge < -0.3 is 5.11 Å². The van der Waals surface area contributed by atoms with E-state index in [1.165, 1.54) is 11.0 Å². The van der Waals surface area contributed by atoms with Gasteiger partial charge in [-0.25, -0.2) is 9.48 Å². The van der Waals surface area contributed by atoms with Crippen LogP contribution in [0.3, 0.4) is 0 Å². The molecule has 1 aliphatic rings. The summed E-state index contributed by atoms with van der Waals surface area (Å²) in [5, 5.41) is 19.7. The highest BCUT2D eigenvalue weighted by Gasteiger charge is 2.44. The first-order valence-corrected chi connectivity index (χ1v) is 4.22. The summed E-state index contributed by atoms with van der Waals surface area (Å²) in [7, 11) is 0. The van der Waals surface area contributed by atoms with Crippen molar-refractivity contribution in [1.82, 2.24) is 20.2 Å². The van der Waals surface area contributed by atoms with Crippen LogP contribution in [0.1, 0.15) is 25.7 Å². The van der Waals surface area contributed by atoms with E-state index in [0.717, 1.165) is 12.8 Å². The van der Waals surface area contributed by atoms with Crippen molar-refractivity contribution in [2.24, 2.45) is 0 Å². The summed E-state index contributed by atoms with van der Waals surface area (Å²) in [6.07, 6.45) is 4.46. The second-order valence-electron chi connectivity index (χ2n) is 3.30. The molecule has 0 aliphatic heterocycles. The van der Waals surface area contributed by atoms with Crippen LogP contribution < -0.4 is 0 Å². The van der Waals surface area contributed by atoms with Crippen LogP contribution in [0.5, 0.6) is 0 Å². The molecule has 0 unspecified atom stereocenters. The van der Waals surface area contributed by atoms with Gasteiger partial charge in [-0.1, -0.05) is 12.8 Å². The normalized spacial score (nSPS) is 20.3. The number of hydrogen-bond acceptors (Lipinski definition) is 4. The van der Waals surface area contributed by atoms with Crippen molar-refractivity contribution in [1.29, 1.82) is 0 Å². The monoisotopic (exact) mass is 182 g/mol. The molecule has 1 aromatic rings. The standard InChI is InChI=1S/C7H10N4O2/c12-6(13)7(3-1-2-4-7)11-5-8-9-10-11/h5H,1-4H2,(H,12,13). The first-order valence-electron chi connectivity index (χ1n) is 4.22. The lowest BCUT2D eigenvalue weighted by Gasteiger charge is -2.22. The second-order valence-corrected chi connectivity index (χ2v) is 3.30. The van der Waals surface area contributed by atoms with Crippen molar-refractivity contribution in [3.63, 3.8) is 0 Å². The number of tetrazole rings is 1. The summed E-state index contributed by atoms with van der Waals surface area (Å²) >= 11 is 0. The van der Waals surface area contributed by atoms with Crippen molar-refractivity contribution in [2.45, 2.75) is 31.2 Å². The number of carboxylic acids is 1. The number of carboxylic acid groups (broad SMARTS) is 1. The fourth-order valence-corrected chi connectivity index (χ4v) is 1.86. The minimum atomic E-state index is -0.885. The van der Waals surface area contributed by atoms with Crippen LogP contribution >= 0.6 is 0 Å². The first-order chi connectivity index (χ1) is 6.26. The van der Waals surface area contributed by atoms with Gasteiger partial charge in [0.25, 0.3) is 0 Å². The van der Waals surface area contributed by atoms with Gasteiger partial charge in [0, 0.05) is 0 Å². The zero-order valence-corrected chi connectivity index (χ0v) is 7.05. The molecule has 0 radical (unpaired) electrons. The Bertz CT molecular complexity index is 302. The third-order valence-electron chi connectivity index (χ3n) is 2.62. The molecule has 1 aromatic heterocycles. The molecule has 1 fully saturated rings. The van der Waals surface area contributed by atoms with Gasteiger partial charge in [0.05, 0.1) is 0 Å². The molecular formula is C7H10N4O2. The second kappa shape index (κ2) is 2.79. The van der Waals surface area contributed by atoms with Gasteiger partial charge in [0.15, 0.2) is 5.54 Å². The summed E-state index contributed by atoms with van der Waals surface area (Å²) in [4.78, 5) is 11.1. The van der Waals surface area contributed by atoms with Crippen LogP contribution in [0.2, 0.25) is 0 Å². The van der Waals surface area contributed by atoms with E-state index in [2.05, 4.69) is 15.5 Å². The van der Waals surface area contributed by atoms with Gasteiger partial charge in [-0.2, -0.15) is 0 Å². The molecule has 2 rings (SSSR count). The maximum absolute atomic E-state index is 11.1. The van der Waals surface area contributed by atoms with Crippen molar-refractivity contribution >= 4 is 5.97 Å². The summed E-state index contributed by atoms with van der Waals surface area (Å²) < 4.78 is 1.36. The molecule has 0 bridgehead atoms. The molecule has 0 atom stereocenters. The van der Waals surface area contributed by atoms with Gasteiger partial charge in [-0.3, -0.25) is 0 Å². The van der Waals surface area contributed by atoms with Crippen LogP contribution in [0.25, 0.3) is 0 Å². The summed E-state index contributed by atoms with van der Waals surface area (Å²) in [5.41, 5.74) is -0.885. The maximum atomic E-state index is 11.1. The third-order valence-corrected chi connectivity index (χ3v) is 2.62. The Morgan fingerprint density at radius 2 is 2.15 bits per heavy atom. The minimum Gasteiger partial charge on any atom is -0.479 e. The summed E-state index contributed by atoms with van der Waals surface area (Å²) in [5.74, 6) is -0.836. The van der Waals surface area contributed by atoms with Crippen molar-refractivity contribution in [3.05, 3.63) is 6.33 Å². The first kappa shape index (κ1) is 8.15. The van der Waals surface area contributed by atoms with E-state index < -0.39 is 11.5 Å². The SMILES string of the molecule is O=C(O)C1(n2cnnn2)CCCC1. The molecule has 1 heterocycles. The van der Waals surface area contributed by atoms with Crippen LogP contribution in [-0.2, 0) is 10.3 Å². The van der Waals surface area contributed by atoms with Gasteiger partial charge in [-0.05, 0) is 23.3 Å². The largest absolute Gasteiger partial charge is 0.479 e. The molecule has 13 heavy (non-hydrogen) atoms. The summed E-state index contributed by atoms with van der Waals surface area (Å²) in [6, 6.07) is 0. The molecule has 1 N–H and O–H groups in total. The van der Waals surface area contributed by atoms with E-state index in [4.69, 9.17) is 5.11 Å². The highest BCUT2D eigenvalue weighted by Crippen LogP contribution is 2.35. The average Bonchev–Trinajstić information content (AvgIpc) is 2.75. The number of carbonyl (C=O) groups is 1. The van der Waals surface area contributed by atoms with Crippen LogP contribution in [0.15, 0.2) is 6.33 Å². The topological polar surface area (TPSA) is 80.9 Å². The zero-order valence-electron chi connectivity index (χ0n) is 7.05. The molecule has 70 valence electrons. The predicted molar refractivity (Wildman–Crippen MR) is 41.9 cm³/mol. The van der Waals surface area contributed by atoms with Crippen molar-refractivity contribution in [3.8, 4) is 0 Å². The fourth-order valence-electron chi connectivity index (χ4n) is 1.86. The van der Waals surface area contributed by atoms with E-state index in [-0.39, 0.29) is 0 Å². The lowest BCUT2D eigenvalue weighted by atomic mass is 9.99. The van der Waals surface area contributed by atoms with Gasteiger partial charge >= 0.3 is 5.97 Å². The lowest BCUT2D eigenvalue weighted by Crippen LogP contribution is -2.39. The van der Waals surface area contributed by atoms with Crippen LogP contribution in [0, 0.1) is 0 Å². The molecule has 1 saturated carbocycles. The Morgan fingerprint density at radius 1 is 1.46 bits per heavy atom. The van der Waals surface area contributed by atoms with Gasteiger partial charge in [-0.15, -0.1) is 5.10 Å². The smallest absolute Gasteiger partial charge is 0.331 e. The molecule has 0 amide bonds. The highest BCUT2D eigenvalue weighted by molar-refractivity contribution is 5.76. The van der Waals surface area contributed by atoms with Crippen LogP contribution in [0.4, 0.5) is 0 Å². The Labute approximate surface area is 74.6 Å². The van der Waals surface area contributed by atoms with E-state index >= 15 is 0 Å². The fraction of sp³-hybridized carbons (Fsp3) is 0.714. The summed E-state index contributed by atoms with van der Waals surface area (Å²) in [6.45, 7) is 0. The lowest BCUT2D eigenvalue weighted by molar-refractivity contribution is -0.148. The Morgan fingerprint density at radius 3 is 2.62 bits per heavy atom.